The summed E-state index contributed by atoms with van der Waals surface area (Å²) in [7, 11) is 1.36. The van der Waals surface area contributed by atoms with E-state index < -0.39 is 5.41 Å². The number of benzene rings is 1. The Morgan fingerprint density at radius 3 is 2.79 bits per heavy atom. The van der Waals surface area contributed by atoms with Gasteiger partial charge in [-0.25, -0.2) is 9.37 Å². The fraction of sp³-hybridized carbons (Fsp3) is 0.286. The van der Waals surface area contributed by atoms with Crippen LogP contribution in [0.1, 0.15) is 18.7 Å². The molecule has 0 saturated heterocycles. The molecule has 1 saturated carbocycles. The monoisotopic (exact) mass is 260 g/mol. The first kappa shape index (κ1) is 11.9. The number of aromatic amines is 1. The van der Waals surface area contributed by atoms with E-state index in [1.807, 2.05) is 0 Å². The van der Waals surface area contributed by atoms with Gasteiger partial charge in [0, 0.05) is 5.56 Å². The highest BCUT2D eigenvalue weighted by molar-refractivity contribution is 5.85. The molecule has 1 aromatic heterocycles. The smallest absolute Gasteiger partial charge is 0.319 e. The Balaban J connectivity index is 1.97. The third kappa shape index (κ3) is 1.82. The fourth-order valence-electron chi connectivity index (χ4n) is 2.24. The van der Waals surface area contributed by atoms with E-state index in [9.17, 15) is 9.18 Å². The summed E-state index contributed by atoms with van der Waals surface area (Å²) in [6.07, 6.45) is 2.98. The maximum atomic E-state index is 13.7. The first-order chi connectivity index (χ1) is 9.17. The number of hydrogen-bond donors (Lipinski definition) is 1. The van der Waals surface area contributed by atoms with Crippen LogP contribution in [0.15, 0.2) is 30.5 Å². The summed E-state index contributed by atoms with van der Waals surface area (Å²) in [6.45, 7) is 0. The van der Waals surface area contributed by atoms with Crippen molar-refractivity contribution in [1.82, 2.24) is 9.97 Å². The third-order valence-corrected chi connectivity index (χ3v) is 3.52. The Morgan fingerprint density at radius 1 is 1.42 bits per heavy atom. The van der Waals surface area contributed by atoms with Gasteiger partial charge in [-0.1, -0.05) is 12.1 Å². The van der Waals surface area contributed by atoms with Crippen LogP contribution in [0.4, 0.5) is 4.39 Å². The van der Waals surface area contributed by atoms with Gasteiger partial charge in [-0.3, -0.25) is 4.79 Å². The molecule has 1 fully saturated rings. The Kier molecular flexibility index (Phi) is 2.62. The molecule has 0 unspecified atom stereocenters. The molecule has 0 atom stereocenters. The summed E-state index contributed by atoms with van der Waals surface area (Å²) < 4.78 is 18.5. The Labute approximate surface area is 109 Å². The molecule has 4 nitrogen and oxygen atoms in total. The van der Waals surface area contributed by atoms with Gasteiger partial charge in [0.15, 0.2) is 0 Å². The molecule has 0 aliphatic heterocycles. The molecule has 19 heavy (non-hydrogen) atoms. The average Bonchev–Trinajstić information content (AvgIpc) is 3.10. The van der Waals surface area contributed by atoms with Gasteiger partial charge in [0.25, 0.3) is 0 Å². The number of rotatable bonds is 3. The van der Waals surface area contributed by atoms with Crippen molar-refractivity contribution in [2.24, 2.45) is 0 Å². The minimum absolute atomic E-state index is 0.290. The van der Waals surface area contributed by atoms with E-state index in [1.165, 1.54) is 13.2 Å². The number of nitrogens with one attached hydrogen (secondary N) is 1. The van der Waals surface area contributed by atoms with E-state index in [0.29, 0.717) is 29.9 Å². The average molecular weight is 260 g/mol. The summed E-state index contributed by atoms with van der Waals surface area (Å²) >= 11 is 0. The second-order valence-electron chi connectivity index (χ2n) is 4.70. The maximum absolute atomic E-state index is 13.7. The van der Waals surface area contributed by atoms with E-state index in [-0.39, 0.29) is 11.8 Å². The zero-order chi connectivity index (χ0) is 13.5. The van der Waals surface area contributed by atoms with Gasteiger partial charge < -0.3 is 9.72 Å². The van der Waals surface area contributed by atoms with Crippen molar-refractivity contribution in [3.63, 3.8) is 0 Å². The van der Waals surface area contributed by atoms with Crippen molar-refractivity contribution in [1.29, 1.82) is 0 Å². The second kappa shape index (κ2) is 4.19. The van der Waals surface area contributed by atoms with Gasteiger partial charge in [-0.15, -0.1) is 0 Å². The molecule has 1 aliphatic carbocycles. The lowest BCUT2D eigenvalue weighted by molar-refractivity contribution is -0.143. The quantitative estimate of drug-likeness (QED) is 0.862. The van der Waals surface area contributed by atoms with Crippen molar-refractivity contribution in [3.8, 4) is 11.3 Å². The number of nitrogens with zero attached hydrogens (tertiary/aromatic N) is 1. The van der Waals surface area contributed by atoms with Crippen molar-refractivity contribution in [2.75, 3.05) is 7.11 Å². The van der Waals surface area contributed by atoms with Crippen molar-refractivity contribution >= 4 is 5.97 Å². The Morgan fingerprint density at radius 2 is 2.16 bits per heavy atom. The Hall–Kier alpha value is -2.17. The number of methoxy groups -OCH3 is 1. The standard InChI is InChI=1S/C14H13FN2O2/c1-19-13(18)14(6-7-14)12-16-8-11(17-12)9-4-2-3-5-10(9)15/h2-5,8H,6-7H2,1H3,(H,16,17). The highest BCUT2D eigenvalue weighted by Gasteiger charge is 2.55. The molecule has 0 radical (unpaired) electrons. The molecular weight excluding hydrogens is 247 g/mol. The van der Waals surface area contributed by atoms with Crippen LogP contribution in [0.2, 0.25) is 0 Å². The van der Waals surface area contributed by atoms with Crippen LogP contribution in [0.5, 0.6) is 0 Å². The first-order valence-electron chi connectivity index (χ1n) is 6.06. The number of halogens is 1. The molecule has 0 spiro atoms. The number of ether oxygens (including phenoxy) is 1. The van der Waals surface area contributed by atoms with Gasteiger partial charge >= 0.3 is 5.97 Å². The molecule has 2 aromatic rings. The highest BCUT2D eigenvalue weighted by atomic mass is 19.1. The van der Waals surface area contributed by atoms with E-state index in [2.05, 4.69) is 9.97 Å². The molecule has 0 bridgehead atoms. The SMILES string of the molecule is COC(=O)C1(c2ncc(-c3ccccc3F)[nH]2)CC1. The third-order valence-electron chi connectivity index (χ3n) is 3.52. The minimum atomic E-state index is -0.655. The predicted molar refractivity (Wildman–Crippen MR) is 66.9 cm³/mol. The normalized spacial score (nSPS) is 16.1. The number of carbonyl (C=O) groups excluding carboxylic acids is 1. The zero-order valence-corrected chi connectivity index (χ0v) is 10.4. The van der Waals surface area contributed by atoms with Gasteiger partial charge in [-0.05, 0) is 25.0 Å². The minimum Gasteiger partial charge on any atom is -0.468 e. The number of hydrogen-bond acceptors (Lipinski definition) is 3. The number of esters is 1. The van der Waals surface area contributed by atoms with Crippen LogP contribution in [-0.2, 0) is 14.9 Å². The highest BCUT2D eigenvalue weighted by Crippen LogP contribution is 2.48. The predicted octanol–water partition coefficient (Wildman–Crippen LogP) is 2.42. The Bertz CT molecular complexity index is 632. The summed E-state index contributed by atoms with van der Waals surface area (Å²) in [6, 6.07) is 6.45. The number of aromatic nitrogens is 2. The van der Waals surface area contributed by atoms with Gasteiger partial charge in [0.2, 0.25) is 0 Å². The molecule has 1 aromatic carbocycles. The molecular formula is C14H13FN2O2. The van der Waals surface area contributed by atoms with E-state index in [4.69, 9.17) is 4.74 Å². The van der Waals surface area contributed by atoms with Crippen molar-refractivity contribution in [2.45, 2.75) is 18.3 Å². The van der Waals surface area contributed by atoms with Crippen LogP contribution < -0.4 is 0 Å². The largest absolute Gasteiger partial charge is 0.468 e. The summed E-state index contributed by atoms with van der Waals surface area (Å²) in [4.78, 5) is 19.0. The molecule has 98 valence electrons. The zero-order valence-electron chi connectivity index (χ0n) is 10.4. The van der Waals surface area contributed by atoms with Gasteiger partial charge in [0.05, 0.1) is 19.0 Å². The van der Waals surface area contributed by atoms with Gasteiger partial charge in [-0.2, -0.15) is 0 Å². The first-order valence-corrected chi connectivity index (χ1v) is 6.06. The second-order valence-corrected chi connectivity index (χ2v) is 4.70. The maximum Gasteiger partial charge on any atom is 0.319 e. The lowest BCUT2D eigenvalue weighted by Gasteiger charge is -2.08. The lowest BCUT2D eigenvalue weighted by atomic mass is 10.1. The van der Waals surface area contributed by atoms with Crippen molar-refractivity contribution < 1.29 is 13.9 Å². The van der Waals surface area contributed by atoms with Crippen molar-refractivity contribution in [3.05, 3.63) is 42.1 Å². The van der Waals surface area contributed by atoms with Gasteiger partial charge in [0.1, 0.15) is 17.1 Å². The lowest BCUT2D eigenvalue weighted by Crippen LogP contribution is -2.23. The number of carbonyl (C=O) groups is 1. The van der Waals surface area contributed by atoms with E-state index >= 15 is 0 Å². The summed E-state index contributed by atoms with van der Waals surface area (Å²) in [5.74, 6) is -0.0554. The van der Waals surface area contributed by atoms with Crippen LogP contribution in [0, 0.1) is 5.82 Å². The van der Waals surface area contributed by atoms with Crippen LogP contribution in [0.3, 0.4) is 0 Å². The number of H-pyrrole nitrogens is 1. The molecule has 0 amide bonds. The van der Waals surface area contributed by atoms with Crippen LogP contribution in [0.25, 0.3) is 11.3 Å². The van der Waals surface area contributed by atoms with E-state index in [0.717, 1.165) is 0 Å². The number of imidazole rings is 1. The van der Waals surface area contributed by atoms with E-state index in [1.54, 1.807) is 24.4 Å². The summed E-state index contributed by atoms with van der Waals surface area (Å²) in [5.41, 5.74) is 0.364. The summed E-state index contributed by atoms with van der Waals surface area (Å²) in [5, 5.41) is 0. The molecule has 1 aliphatic rings. The molecule has 5 heteroatoms. The fourth-order valence-corrected chi connectivity index (χ4v) is 2.24. The molecule has 1 heterocycles. The topological polar surface area (TPSA) is 55.0 Å². The van der Waals surface area contributed by atoms with Crippen LogP contribution in [-0.4, -0.2) is 23.0 Å². The van der Waals surface area contributed by atoms with Crippen LogP contribution >= 0.6 is 0 Å². The molecule has 1 N–H and O–H groups in total. The molecule has 3 rings (SSSR count).